The molecule has 0 atom stereocenters. The largest absolute Gasteiger partial charge is 0.321 e. The molecule has 1 N–H and O–H groups in total. The normalized spacial score (nSPS) is 12.5. The van der Waals surface area contributed by atoms with Crippen molar-refractivity contribution in [2.75, 3.05) is 0 Å². The molecule has 0 bridgehead atoms. The molecule has 2 aromatic carbocycles. The van der Waals surface area contributed by atoms with Gasteiger partial charge in [-0.05, 0) is 11.5 Å². The van der Waals surface area contributed by atoms with Gasteiger partial charge in [0.1, 0.15) is 7.85 Å². The number of carbonyl (C=O) groups is 1. The molecule has 0 aliphatic heterocycles. The zero-order valence-corrected chi connectivity index (χ0v) is 10.4. The molecule has 0 unspecified atom stereocenters. The SMILES string of the molecule is [B]c1ccc2c(=O)[nH]c3c(c2c1)C(=O)c1ccccc1-3. The van der Waals surface area contributed by atoms with Crippen LogP contribution in [0.5, 0.6) is 0 Å². The molecule has 0 saturated heterocycles. The average molecular weight is 257 g/mol. The van der Waals surface area contributed by atoms with Crippen molar-refractivity contribution in [3.63, 3.8) is 0 Å². The second-order valence-electron chi connectivity index (χ2n) is 4.88. The van der Waals surface area contributed by atoms with Gasteiger partial charge in [0.15, 0.2) is 5.78 Å². The standard InChI is InChI=1S/C16H8BNO2/c17-8-5-6-11-12(7-8)13-14(18-16(11)20)9-3-1-2-4-10(9)15(13)19/h1-7H,(H,18,20). The minimum absolute atomic E-state index is 0.0672. The lowest BCUT2D eigenvalue weighted by Crippen LogP contribution is -2.12. The maximum Gasteiger partial charge on any atom is 0.256 e. The van der Waals surface area contributed by atoms with E-state index in [4.69, 9.17) is 7.85 Å². The summed E-state index contributed by atoms with van der Waals surface area (Å²) >= 11 is 0. The number of H-pyrrole nitrogens is 1. The smallest absolute Gasteiger partial charge is 0.256 e. The highest BCUT2D eigenvalue weighted by molar-refractivity contribution is 6.34. The summed E-state index contributed by atoms with van der Waals surface area (Å²) < 4.78 is 0. The summed E-state index contributed by atoms with van der Waals surface area (Å²) in [6.45, 7) is 0. The molecule has 20 heavy (non-hydrogen) atoms. The molecule has 3 aromatic rings. The van der Waals surface area contributed by atoms with Crippen molar-refractivity contribution in [2.24, 2.45) is 0 Å². The van der Waals surface area contributed by atoms with Crippen LogP contribution in [0.1, 0.15) is 15.9 Å². The molecule has 92 valence electrons. The second kappa shape index (κ2) is 3.70. The van der Waals surface area contributed by atoms with Gasteiger partial charge in [0.05, 0.1) is 11.3 Å². The fourth-order valence-electron chi connectivity index (χ4n) is 2.82. The summed E-state index contributed by atoms with van der Waals surface area (Å²) in [7, 11) is 5.80. The van der Waals surface area contributed by atoms with Crippen LogP contribution in [0.3, 0.4) is 0 Å². The number of benzene rings is 2. The first-order chi connectivity index (χ1) is 9.66. The van der Waals surface area contributed by atoms with E-state index < -0.39 is 0 Å². The van der Waals surface area contributed by atoms with Gasteiger partial charge >= 0.3 is 0 Å². The molecule has 3 nitrogen and oxygen atoms in total. The summed E-state index contributed by atoms with van der Waals surface area (Å²) in [4.78, 5) is 27.5. The summed E-state index contributed by atoms with van der Waals surface area (Å²) in [5.41, 5.74) is 2.85. The van der Waals surface area contributed by atoms with Gasteiger partial charge in [-0.15, -0.1) is 0 Å². The van der Waals surface area contributed by atoms with Gasteiger partial charge in [-0.1, -0.05) is 41.9 Å². The Hall–Kier alpha value is -2.62. The minimum atomic E-state index is -0.205. The summed E-state index contributed by atoms with van der Waals surface area (Å²) in [5, 5.41) is 1.10. The lowest BCUT2D eigenvalue weighted by molar-refractivity contribution is 0.104. The van der Waals surface area contributed by atoms with Gasteiger partial charge in [0, 0.05) is 16.5 Å². The molecule has 4 rings (SSSR count). The Kier molecular flexibility index (Phi) is 2.08. The Morgan fingerprint density at radius 1 is 0.900 bits per heavy atom. The Balaban J connectivity index is 2.24. The van der Waals surface area contributed by atoms with E-state index in [0.717, 1.165) is 5.56 Å². The van der Waals surface area contributed by atoms with Crippen molar-refractivity contribution in [1.29, 1.82) is 0 Å². The Morgan fingerprint density at radius 2 is 1.65 bits per heavy atom. The number of pyridine rings is 1. The van der Waals surface area contributed by atoms with Crippen molar-refractivity contribution >= 4 is 29.9 Å². The van der Waals surface area contributed by atoms with E-state index in [-0.39, 0.29) is 11.3 Å². The first-order valence-corrected chi connectivity index (χ1v) is 6.26. The van der Waals surface area contributed by atoms with Gasteiger partial charge in [0.25, 0.3) is 5.56 Å². The quantitative estimate of drug-likeness (QED) is 0.486. The Labute approximate surface area is 115 Å². The third-order valence-electron chi connectivity index (χ3n) is 3.71. The van der Waals surface area contributed by atoms with Crippen LogP contribution in [-0.4, -0.2) is 18.6 Å². The third kappa shape index (κ3) is 1.31. The Morgan fingerprint density at radius 3 is 2.45 bits per heavy atom. The highest BCUT2D eigenvalue weighted by Gasteiger charge is 2.29. The van der Waals surface area contributed by atoms with Crippen LogP contribution in [0.2, 0.25) is 0 Å². The van der Waals surface area contributed by atoms with E-state index in [2.05, 4.69) is 4.98 Å². The van der Waals surface area contributed by atoms with Crippen LogP contribution in [0, 0.1) is 0 Å². The Bertz CT molecular complexity index is 956. The number of hydrogen-bond donors (Lipinski definition) is 1. The van der Waals surface area contributed by atoms with E-state index in [9.17, 15) is 9.59 Å². The van der Waals surface area contributed by atoms with Gasteiger partial charge in [-0.3, -0.25) is 9.59 Å². The molecule has 1 aliphatic carbocycles. The van der Waals surface area contributed by atoms with E-state index in [1.807, 2.05) is 18.2 Å². The molecule has 1 aliphatic rings. The topological polar surface area (TPSA) is 49.9 Å². The number of aromatic amines is 1. The fraction of sp³-hybridized carbons (Fsp3) is 0. The summed E-state index contributed by atoms with van der Waals surface area (Å²) in [6, 6.07) is 12.3. The second-order valence-corrected chi connectivity index (χ2v) is 4.88. The number of rotatable bonds is 0. The van der Waals surface area contributed by atoms with E-state index in [1.165, 1.54) is 0 Å². The van der Waals surface area contributed by atoms with Crippen molar-refractivity contribution in [2.45, 2.75) is 0 Å². The molecular formula is C16H8BNO2. The predicted octanol–water partition coefficient (Wildman–Crippen LogP) is 1.53. The minimum Gasteiger partial charge on any atom is -0.321 e. The third-order valence-corrected chi connectivity index (χ3v) is 3.71. The number of fused-ring (bicyclic) bond motifs is 5. The van der Waals surface area contributed by atoms with Crippen LogP contribution in [-0.2, 0) is 0 Å². The zero-order valence-electron chi connectivity index (χ0n) is 10.4. The van der Waals surface area contributed by atoms with Gasteiger partial charge in [-0.2, -0.15) is 0 Å². The van der Waals surface area contributed by atoms with Crippen LogP contribution < -0.4 is 11.0 Å². The van der Waals surface area contributed by atoms with Gasteiger partial charge in [0.2, 0.25) is 0 Å². The first kappa shape index (κ1) is 11.2. The van der Waals surface area contributed by atoms with Gasteiger partial charge < -0.3 is 4.98 Å². The van der Waals surface area contributed by atoms with Gasteiger partial charge in [-0.25, -0.2) is 0 Å². The molecule has 0 saturated carbocycles. The molecule has 1 heterocycles. The van der Waals surface area contributed by atoms with E-state index >= 15 is 0 Å². The lowest BCUT2D eigenvalue weighted by atomic mass is 9.92. The highest BCUT2D eigenvalue weighted by Crippen LogP contribution is 2.37. The van der Waals surface area contributed by atoms with Crippen LogP contribution in [0.4, 0.5) is 0 Å². The van der Waals surface area contributed by atoms with Crippen LogP contribution in [0.15, 0.2) is 47.3 Å². The first-order valence-electron chi connectivity index (χ1n) is 6.26. The van der Waals surface area contributed by atoms with Crippen LogP contribution in [0.25, 0.3) is 22.0 Å². The number of hydrogen-bond acceptors (Lipinski definition) is 2. The average Bonchev–Trinajstić information content (AvgIpc) is 2.73. The maximum atomic E-state index is 12.6. The number of carbonyl (C=O) groups excluding carboxylic acids is 1. The van der Waals surface area contributed by atoms with Crippen molar-refractivity contribution in [3.8, 4) is 11.3 Å². The monoisotopic (exact) mass is 257 g/mol. The summed E-state index contributed by atoms with van der Waals surface area (Å²) in [6.07, 6.45) is 0. The lowest BCUT2D eigenvalue weighted by Gasteiger charge is -2.05. The summed E-state index contributed by atoms with van der Waals surface area (Å²) in [5.74, 6) is -0.0672. The van der Waals surface area contributed by atoms with E-state index in [0.29, 0.717) is 33.1 Å². The van der Waals surface area contributed by atoms with E-state index in [1.54, 1.807) is 24.3 Å². The molecule has 1 aromatic heterocycles. The molecular weight excluding hydrogens is 249 g/mol. The number of nitrogens with one attached hydrogen (secondary N) is 1. The highest BCUT2D eigenvalue weighted by atomic mass is 16.1. The maximum absolute atomic E-state index is 12.6. The van der Waals surface area contributed by atoms with Crippen molar-refractivity contribution < 1.29 is 4.79 Å². The molecule has 0 amide bonds. The van der Waals surface area contributed by atoms with Crippen molar-refractivity contribution in [3.05, 3.63) is 63.9 Å². The molecule has 0 fully saturated rings. The predicted molar refractivity (Wildman–Crippen MR) is 78.8 cm³/mol. The molecule has 2 radical (unpaired) electrons. The number of aromatic nitrogens is 1. The molecule has 0 spiro atoms. The van der Waals surface area contributed by atoms with Crippen molar-refractivity contribution in [1.82, 2.24) is 4.98 Å². The zero-order chi connectivity index (χ0) is 13.9. The van der Waals surface area contributed by atoms with Crippen LogP contribution >= 0.6 is 0 Å². The molecule has 4 heteroatoms. The number of ketones is 1. The fourth-order valence-corrected chi connectivity index (χ4v) is 2.82.